The van der Waals surface area contributed by atoms with Crippen LogP contribution in [0.5, 0.6) is 0 Å². The molecule has 4 heteroatoms. The van der Waals surface area contributed by atoms with E-state index >= 15 is 0 Å². The first-order valence-corrected chi connectivity index (χ1v) is 6.28. The van der Waals surface area contributed by atoms with E-state index in [2.05, 4.69) is 4.99 Å². The summed E-state index contributed by atoms with van der Waals surface area (Å²) in [5, 5.41) is 0.735. The Labute approximate surface area is 108 Å². The van der Waals surface area contributed by atoms with Gasteiger partial charge in [-0.15, -0.1) is 11.3 Å². The van der Waals surface area contributed by atoms with Crippen LogP contribution in [0, 0.1) is 6.92 Å². The Morgan fingerprint density at radius 3 is 2.69 bits per heavy atom. The summed E-state index contributed by atoms with van der Waals surface area (Å²) < 4.78 is 0.768. The Bertz CT molecular complexity index is 532. The van der Waals surface area contributed by atoms with E-state index in [1.807, 2.05) is 37.3 Å². The number of hydrogen-bond donors (Lipinski definition) is 0. The van der Waals surface area contributed by atoms with Gasteiger partial charge in [0.15, 0.2) is 0 Å². The lowest BCUT2D eigenvalue weighted by Crippen LogP contribution is -1.78. The van der Waals surface area contributed by atoms with E-state index in [9.17, 15) is 0 Å². The van der Waals surface area contributed by atoms with Gasteiger partial charge >= 0.3 is 0 Å². The monoisotopic (exact) mass is 269 g/mol. The molecule has 0 unspecified atom stereocenters. The van der Waals surface area contributed by atoms with Gasteiger partial charge in [-0.05, 0) is 36.8 Å². The molecule has 0 radical (unpaired) electrons. The maximum Gasteiger partial charge on any atom is 0.0935 e. The number of aliphatic imine (C=N–C) groups is 1. The zero-order chi connectivity index (χ0) is 11.5. The molecule has 2 aromatic rings. The lowest BCUT2D eigenvalue weighted by atomic mass is 10.2. The SMILES string of the molecule is Cc1c(Cl)cccc1N=Cc1ccc(Cl)s1. The van der Waals surface area contributed by atoms with Gasteiger partial charge < -0.3 is 0 Å². The highest BCUT2D eigenvalue weighted by molar-refractivity contribution is 7.17. The van der Waals surface area contributed by atoms with Crippen LogP contribution in [0.1, 0.15) is 10.4 Å². The van der Waals surface area contributed by atoms with E-state index in [4.69, 9.17) is 23.2 Å². The lowest BCUT2D eigenvalue weighted by molar-refractivity contribution is 1.41. The lowest BCUT2D eigenvalue weighted by Gasteiger charge is -2.00. The van der Waals surface area contributed by atoms with Gasteiger partial charge in [-0.3, -0.25) is 4.99 Å². The molecular formula is C12H9Cl2NS. The standard InChI is InChI=1S/C12H9Cl2NS/c1-8-10(13)3-2-4-11(8)15-7-9-5-6-12(14)16-9/h2-7H,1H3. The van der Waals surface area contributed by atoms with Crippen molar-refractivity contribution in [1.82, 2.24) is 0 Å². The molecule has 0 aliphatic heterocycles. The Kier molecular flexibility index (Phi) is 3.64. The molecule has 82 valence electrons. The van der Waals surface area contributed by atoms with Crippen molar-refractivity contribution in [1.29, 1.82) is 0 Å². The van der Waals surface area contributed by atoms with Crippen molar-refractivity contribution in [3.8, 4) is 0 Å². The second kappa shape index (κ2) is 5.00. The third-order valence-electron chi connectivity index (χ3n) is 2.16. The third-order valence-corrected chi connectivity index (χ3v) is 3.74. The molecule has 0 fully saturated rings. The van der Waals surface area contributed by atoms with Gasteiger partial charge in [-0.1, -0.05) is 29.3 Å². The van der Waals surface area contributed by atoms with Crippen molar-refractivity contribution in [3.63, 3.8) is 0 Å². The summed E-state index contributed by atoms with van der Waals surface area (Å²) in [6.45, 7) is 1.95. The van der Waals surface area contributed by atoms with Crippen molar-refractivity contribution in [2.75, 3.05) is 0 Å². The van der Waals surface area contributed by atoms with E-state index in [1.54, 1.807) is 6.21 Å². The van der Waals surface area contributed by atoms with Gasteiger partial charge in [0, 0.05) is 16.1 Å². The number of nitrogens with zero attached hydrogens (tertiary/aromatic N) is 1. The molecule has 0 amide bonds. The molecule has 0 N–H and O–H groups in total. The zero-order valence-electron chi connectivity index (χ0n) is 8.58. The Hall–Kier alpha value is -0.830. The molecule has 1 heterocycles. The number of benzene rings is 1. The highest BCUT2D eigenvalue weighted by atomic mass is 35.5. The quantitative estimate of drug-likeness (QED) is 0.672. The van der Waals surface area contributed by atoms with E-state index in [0.717, 1.165) is 25.5 Å². The molecule has 1 nitrogen and oxygen atoms in total. The fourth-order valence-electron chi connectivity index (χ4n) is 1.27. The average Bonchev–Trinajstić information content (AvgIpc) is 2.67. The molecule has 0 atom stereocenters. The van der Waals surface area contributed by atoms with Crippen molar-refractivity contribution in [2.45, 2.75) is 6.92 Å². The highest BCUT2D eigenvalue weighted by Crippen LogP contribution is 2.26. The minimum atomic E-state index is 0.735. The molecular weight excluding hydrogens is 261 g/mol. The van der Waals surface area contributed by atoms with Crippen LogP contribution in [0.4, 0.5) is 5.69 Å². The Balaban J connectivity index is 2.27. The molecule has 0 saturated heterocycles. The third kappa shape index (κ3) is 2.64. The van der Waals surface area contributed by atoms with Crippen LogP contribution in [0.25, 0.3) is 0 Å². The van der Waals surface area contributed by atoms with Gasteiger partial charge in [0.05, 0.1) is 10.0 Å². The molecule has 1 aromatic heterocycles. The van der Waals surface area contributed by atoms with Crippen LogP contribution in [0.2, 0.25) is 9.36 Å². The largest absolute Gasteiger partial charge is 0.255 e. The first-order valence-electron chi connectivity index (χ1n) is 4.71. The summed E-state index contributed by atoms with van der Waals surface area (Å²) in [7, 11) is 0. The van der Waals surface area contributed by atoms with Crippen LogP contribution in [-0.2, 0) is 0 Å². The molecule has 1 aromatic carbocycles. The summed E-state index contributed by atoms with van der Waals surface area (Å²) in [6.07, 6.45) is 1.80. The van der Waals surface area contributed by atoms with Crippen molar-refractivity contribution < 1.29 is 0 Å². The van der Waals surface area contributed by atoms with E-state index in [1.165, 1.54) is 11.3 Å². The Morgan fingerprint density at radius 2 is 2.00 bits per heavy atom. The van der Waals surface area contributed by atoms with Gasteiger partial charge in [0.1, 0.15) is 0 Å². The van der Waals surface area contributed by atoms with Gasteiger partial charge in [-0.25, -0.2) is 0 Å². The van der Waals surface area contributed by atoms with Gasteiger partial charge in [-0.2, -0.15) is 0 Å². The Morgan fingerprint density at radius 1 is 1.19 bits per heavy atom. The van der Waals surface area contributed by atoms with E-state index < -0.39 is 0 Å². The maximum absolute atomic E-state index is 6.01. The van der Waals surface area contributed by atoms with Crippen LogP contribution in [0.3, 0.4) is 0 Å². The predicted molar refractivity (Wildman–Crippen MR) is 72.8 cm³/mol. The molecule has 16 heavy (non-hydrogen) atoms. The number of halogens is 2. The van der Waals surface area contributed by atoms with Crippen LogP contribution < -0.4 is 0 Å². The number of rotatable bonds is 2. The van der Waals surface area contributed by atoms with Crippen LogP contribution >= 0.6 is 34.5 Å². The fraction of sp³-hybridized carbons (Fsp3) is 0.0833. The predicted octanol–water partition coefficient (Wildman–Crippen LogP) is 5.11. The maximum atomic E-state index is 6.01. The molecule has 0 spiro atoms. The summed E-state index contributed by atoms with van der Waals surface area (Å²) in [6, 6.07) is 9.49. The summed E-state index contributed by atoms with van der Waals surface area (Å²) in [5.74, 6) is 0. The fourth-order valence-corrected chi connectivity index (χ4v) is 2.37. The van der Waals surface area contributed by atoms with Crippen LogP contribution in [0.15, 0.2) is 35.3 Å². The molecule has 2 rings (SSSR count). The first kappa shape index (κ1) is 11.6. The molecule has 0 aliphatic carbocycles. The summed E-state index contributed by atoms with van der Waals surface area (Å²) in [5.41, 5.74) is 1.88. The summed E-state index contributed by atoms with van der Waals surface area (Å²) in [4.78, 5) is 5.42. The van der Waals surface area contributed by atoms with Gasteiger partial charge in [0.2, 0.25) is 0 Å². The number of thiophene rings is 1. The number of hydrogen-bond acceptors (Lipinski definition) is 2. The van der Waals surface area contributed by atoms with Crippen LogP contribution in [-0.4, -0.2) is 6.21 Å². The smallest absolute Gasteiger partial charge is 0.0935 e. The van der Waals surface area contributed by atoms with E-state index in [0.29, 0.717) is 0 Å². The topological polar surface area (TPSA) is 12.4 Å². The second-order valence-electron chi connectivity index (χ2n) is 3.28. The van der Waals surface area contributed by atoms with E-state index in [-0.39, 0.29) is 0 Å². The molecule has 0 aliphatic rings. The molecule has 0 saturated carbocycles. The second-order valence-corrected chi connectivity index (χ2v) is 5.44. The van der Waals surface area contributed by atoms with Gasteiger partial charge in [0.25, 0.3) is 0 Å². The summed E-state index contributed by atoms with van der Waals surface area (Å²) >= 11 is 13.3. The highest BCUT2D eigenvalue weighted by Gasteiger charge is 2.00. The van der Waals surface area contributed by atoms with Crippen molar-refractivity contribution in [3.05, 3.63) is 50.1 Å². The van der Waals surface area contributed by atoms with Crippen molar-refractivity contribution in [2.24, 2.45) is 4.99 Å². The minimum absolute atomic E-state index is 0.735. The average molecular weight is 270 g/mol. The van der Waals surface area contributed by atoms with Crippen molar-refractivity contribution >= 4 is 46.4 Å². The minimum Gasteiger partial charge on any atom is -0.255 e. The zero-order valence-corrected chi connectivity index (χ0v) is 10.9. The normalized spacial score (nSPS) is 11.2. The first-order chi connectivity index (χ1) is 7.66. The molecule has 0 bridgehead atoms.